The van der Waals surface area contributed by atoms with Gasteiger partial charge in [-0.1, -0.05) is 27.7 Å². The first-order valence-corrected chi connectivity index (χ1v) is 7.50. The van der Waals surface area contributed by atoms with Crippen LogP contribution in [0.5, 0.6) is 0 Å². The molecule has 0 saturated carbocycles. The Bertz CT molecular complexity index is 342. The van der Waals surface area contributed by atoms with Crippen LogP contribution in [0.3, 0.4) is 0 Å². The maximum absolute atomic E-state index is 12.6. The zero-order valence-electron chi connectivity index (χ0n) is 13.3. The molecule has 0 aromatic carbocycles. The minimum atomic E-state index is -0.389. The summed E-state index contributed by atoms with van der Waals surface area (Å²) < 4.78 is 5.03. The van der Waals surface area contributed by atoms with Gasteiger partial charge in [-0.3, -0.25) is 9.59 Å². The van der Waals surface area contributed by atoms with Gasteiger partial charge in [-0.15, -0.1) is 0 Å². The van der Waals surface area contributed by atoms with Crippen LogP contribution in [0.4, 0.5) is 0 Å². The molecule has 1 aliphatic heterocycles. The number of ether oxygens (including phenoxy) is 1. The monoisotopic (exact) mass is 284 g/mol. The second-order valence-corrected chi connectivity index (χ2v) is 6.15. The van der Waals surface area contributed by atoms with Gasteiger partial charge in [0, 0.05) is 20.3 Å². The molecule has 2 atom stereocenters. The molecule has 116 valence electrons. The van der Waals surface area contributed by atoms with Crippen LogP contribution < -0.4 is 5.32 Å². The van der Waals surface area contributed by atoms with Crippen molar-refractivity contribution < 1.29 is 14.3 Å². The Kier molecular flexibility index (Phi) is 6.46. The van der Waals surface area contributed by atoms with Crippen molar-refractivity contribution in [2.75, 3.05) is 20.3 Å². The lowest BCUT2D eigenvalue weighted by Crippen LogP contribution is -2.66. The highest BCUT2D eigenvalue weighted by Crippen LogP contribution is 2.21. The molecule has 5 heteroatoms. The Morgan fingerprint density at radius 3 is 2.30 bits per heavy atom. The van der Waals surface area contributed by atoms with Gasteiger partial charge in [-0.25, -0.2) is 0 Å². The normalized spacial score (nSPS) is 23.6. The third-order valence-corrected chi connectivity index (χ3v) is 3.75. The van der Waals surface area contributed by atoms with Crippen LogP contribution in [-0.2, 0) is 14.3 Å². The zero-order valence-corrected chi connectivity index (χ0v) is 13.3. The van der Waals surface area contributed by atoms with Crippen molar-refractivity contribution in [3.05, 3.63) is 0 Å². The quantitative estimate of drug-likeness (QED) is 0.719. The van der Waals surface area contributed by atoms with Gasteiger partial charge in [0.05, 0.1) is 0 Å². The number of nitrogens with zero attached hydrogens (tertiary/aromatic N) is 1. The largest absolute Gasteiger partial charge is 0.385 e. The van der Waals surface area contributed by atoms with E-state index in [1.54, 1.807) is 12.0 Å². The fourth-order valence-corrected chi connectivity index (χ4v) is 2.65. The molecule has 0 spiro atoms. The van der Waals surface area contributed by atoms with E-state index in [9.17, 15) is 9.59 Å². The number of hydrogen-bond acceptors (Lipinski definition) is 3. The number of carbonyl (C=O) groups is 2. The van der Waals surface area contributed by atoms with E-state index in [1.807, 2.05) is 27.7 Å². The standard InChI is InChI=1S/C15H28N2O3/c1-10(2)12-15(19)17(8-6-7-9-20-5)13(11(3)4)14(18)16-12/h10-13H,6-9H2,1-5H3,(H,16,18). The van der Waals surface area contributed by atoms with Crippen molar-refractivity contribution in [2.24, 2.45) is 11.8 Å². The van der Waals surface area contributed by atoms with Gasteiger partial charge >= 0.3 is 0 Å². The fraction of sp³-hybridized carbons (Fsp3) is 0.867. The summed E-state index contributed by atoms with van der Waals surface area (Å²) in [4.78, 5) is 26.6. The first kappa shape index (κ1) is 17.0. The van der Waals surface area contributed by atoms with E-state index in [4.69, 9.17) is 4.74 Å². The Morgan fingerprint density at radius 2 is 1.80 bits per heavy atom. The van der Waals surface area contributed by atoms with Crippen LogP contribution in [0.2, 0.25) is 0 Å². The van der Waals surface area contributed by atoms with Gasteiger partial charge in [-0.05, 0) is 24.7 Å². The zero-order chi connectivity index (χ0) is 15.3. The molecule has 1 heterocycles. The van der Waals surface area contributed by atoms with E-state index in [2.05, 4.69) is 5.32 Å². The molecule has 1 aliphatic rings. The Balaban J connectivity index is 2.79. The van der Waals surface area contributed by atoms with Crippen LogP contribution in [0.1, 0.15) is 40.5 Å². The predicted molar refractivity (Wildman–Crippen MR) is 78.2 cm³/mol. The molecule has 2 unspecified atom stereocenters. The summed E-state index contributed by atoms with van der Waals surface area (Å²) in [6, 6.07) is -0.736. The number of methoxy groups -OCH3 is 1. The van der Waals surface area contributed by atoms with Crippen molar-refractivity contribution in [1.29, 1.82) is 0 Å². The van der Waals surface area contributed by atoms with Gasteiger partial charge in [0.1, 0.15) is 12.1 Å². The van der Waals surface area contributed by atoms with Gasteiger partial charge in [0.2, 0.25) is 11.8 Å². The molecule has 20 heavy (non-hydrogen) atoms. The number of unbranched alkanes of at least 4 members (excludes halogenated alkanes) is 1. The molecule has 0 radical (unpaired) electrons. The molecule has 1 rings (SSSR count). The molecule has 1 fully saturated rings. The van der Waals surface area contributed by atoms with Crippen molar-refractivity contribution in [3.63, 3.8) is 0 Å². The van der Waals surface area contributed by atoms with E-state index < -0.39 is 0 Å². The van der Waals surface area contributed by atoms with Gasteiger partial charge in [-0.2, -0.15) is 0 Å². The lowest BCUT2D eigenvalue weighted by Gasteiger charge is -2.42. The maximum atomic E-state index is 12.6. The average Bonchev–Trinajstić information content (AvgIpc) is 2.37. The van der Waals surface area contributed by atoms with E-state index in [0.717, 1.165) is 12.8 Å². The lowest BCUT2D eigenvalue weighted by molar-refractivity contribution is -0.152. The summed E-state index contributed by atoms with van der Waals surface area (Å²) >= 11 is 0. The van der Waals surface area contributed by atoms with E-state index >= 15 is 0 Å². The minimum Gasteiger partial charge on any atom is -0.385 e. The fourth-order valence-electron chi connectivity index (χ4n) is 2.65. The van der Waals surface area contributed by atoms with E-state index in [0.29, 0.717) is 13.2 Å². The first-order valence-electron chi connectivity index (χ1n) is 7.50. The molecule has 1 saturated heterocycles. The summed E-state index contributed by atoms with van der Waals surface area (Å²) in [5.74, 6) is 0.260. The Hall–Kier alpha value is -1.10. The molecule has 0 bridgehead atoms. The van der Waals surface area contributed by atoms with Crippen LogP contribution in [0.25, 0.3) is 0 Å². The van der Waals surface area contributed by atoms with Crippen molar-refractivity contribution in [2.45, 2.75) is 52.6 Å². The van der Waals surface area contributed by atoms with Crippen molar-refractivity contribution in [3.8, 4) is 0 Å². The van der Waals surface area contributed by atoms with E-state index in [-0.39, 0.29) is 35.7 Å². The predicted octanol–water partition coefficient (Wildman–Crippen LogP) is 1.42. The second-order valence-electron chi connectivity index (χ2n) is 6.15. The average molecular weight is 284 g/mol. The number of rotatable bonds is 7. The van der Waals surface area contributed by atoms with Crippen LogP contribution in [0, 0.1) is 11.8 Å². The third kappa shape index (κ3) is 3.95. The lowest BCUT2D eigenvalue weighted by atomic mass is 9.92. The van der Waals surface area contributed by atoms with Gasteiger partial charge in [0.15, 0.2) is 0 Å². The smallest absolute Gasteiger partial charge is 0.246 e. The Morgan fingerprint density at radius 1 is 1.15 bits per heavy atom. The molecule has 2 amide bonds. The molecule has 0 aromatic heterocycles. The number of amides is 2. The molecule has 5 nitrogen and oxygen atoms in total. The van der Waals surface area contributed by atoms with Gasteiger partial charge < -0.3 is 15.0 Å². The summed E-state index contributed by atoms with van der Waals surface area (Å²) in [5.41, 5.74) is 0. The summed E-state index contributed by atoms with van der Waals surface area (Å²) in [6.07, 6.45) is 1.76. The molecular weight excluding hydrogens is 256 g/mol. The highest BCUT2D eigenvalue weighted by molar-refractivity contribution is 5.97. The van der Waals surface area contributed by atoms with E-state index in [1.165, 1.54) is 0 Å². The van der Waals surface area contributed by atoms with Crippen LogP contribution in [-0.4, -0.2) is 49.1 Å². The number of nitrogens with one attached hydrogen (secondary N) is 1. The Labute approximate surface area is 122 Å². The van der Waals surface area contributed by atoms with Gasteiger partial charge in [0.25, 0.3) is 0 Å². The van der Waals surface area contributed by atoms with Crippen molar-refractivity contribution in [1.82, 2.24) is 10.2 Å². The third-order valence-electron chi connectivity index (χ3n) is 3.75. The number of carbonyl (C=O) groups excluding carboxylic acids is 2. The molecule has 0 aliphatic carbocycles. The highest BCUT2D eigenvalue weighted by atomic mass is 16.5. The molecule has 0 aromatic rings. The summed E-state index contributed by atoms with van der Waals surface area (Å²) in [5, 5.41) is 2.87. The van der Waals surface area contributed by atoms with Crippen LogP contribution in [0.15, 0.2) is 0 Å². The number of hydrogen-bond donors (Lipinski definition) is 1. The topological polar surface area (TPSA) is 58.6 Å². The van der Waals surface area contributed by atoms with Crippen LogP contribution >= 0.6 is 0 Å². The maximum Gasteiger partial charge on any atom is 0.246 e. The van der Waals surface area contributed by atoms with Crippen molar-refractivity contribution >= 4 is 11.8 Å². The SMILES string of the molecule is COCCCCN1C(=O)C(C(C)C)NC(=O)C1C(C)C. The molecular formula is C15H28N2O3. The second kappa shape index (κ2) is 7.62. The molecule has 1 N–H and O–H groups in total. The first-order chi connectivity index (χ1) is 9.40. The minimum absolute atomic E-state index is 0.0231. The number of piperazine rings is 1. The highest BCUT2D eigenvalue weighted by Gasteiger charge is 2.42. The summed E-state index contributed by atoms with van der Waals surface area (Å²) in [6.45, 7) is 9.20. The summed E-state index contributed by atoms with van der Waals surface area (Å²) in [7, 11) is 1.67.